The van der Waals surface area contributed by atoms with E-state index in [1.165, 1.54) is 35.9 Å². The molecule has 2 aliphatic heterocycles. The van der Waals surface area contributed by atoms with Gasteiger partial charge in [-0.15, -0.1) is 0 Å². The average molecular weight is 410 g/mol. The Kier molecular flexibility index (Phi) is 6.87. The third-order valence-electron chi connectivity index (χ3n) is 6.49. The van der Waals surface area contributed by atoms with Gasteiger partial charge in [0.1, 0.15) is 0 Å². The van der Waals surface area contributed by atoms with Crippen LogP contribution < -0.4 is 24.9 Å². The molecule has 0 aliphatic carbocycles. The Bertz CT molecular complexity index is 794. The maximum Gasteiger partial charge on any atom is 0.279 e. The zero-order valence-electron chi connectivity index (χ0n) is 18.1. The lowest BCUT2D eigenvalue weighted by atomic mass is 10.2. The minimum Gasteiger partial charge on any atom is -0.360 e. The molecule has 1 amide bonds. The normalized spacial score (nSPS) is 18.4. The number of piperazine rings is 2. The van der Waals surface area contributed by atoms with Crippen molar-refractivity contribution < 1.29 is 14.6 Å². The number of hydrogen-bond acceptors (Lipinski definition) is 3. The van der Waals surface area contributed by atoms with Crippen LogP contribution in [0.15, 0.2) is 54.6 Å². The van der Waals surface area contributed by atoms with E-state index in [0.717, 1.165) is 45.0 Å². The molecule has 0 saturated carbocycles. The standard InChI is InChI=1S/C24H33N5O/c1-2-26-12-16-29(17-13-26)23-10-8-21(9-11-23)25-24(30)20-27-14-18-28(19-15-27)22-6-4-3-5-7-22/h3-11H,2,12-20H2,1H3,(H,25,30)/p+2. The van der Waals surface area contributed by atoms with Gasteiger partial charge in [-0.05, 0) is 43.3 Å². The molecule has 0 atom stereocenters. The van der Waals surface area contributed by atoms with E-state index >= 15 is 0 Å². The van der Waals surface area contributed by atoms with Crippen LogP contribution in [0.5, 0.6) is 0 Å². The summed E-state index contributed by atoms with van der Waals surface area (Å²) in [5.74, 6) is 0.103. The van der Waals surface area contributed by atoms with Crippen molar-refractivity contribution in [3.63, 3.8) is 0 Å². The van der Waals surface area contributed by atoms with Crippen LogP contribution in [0, 0.1) is 0 Å². The van der Waals surface area contributed by atoms with E-state index in [-0.39, 0.29) is 5.91 Å². The monoisotopic (exact) mass is 409 g/mol. The fourth-order valence-electron chi connectivity index (χ4n) is 4.52. The molecular formula is C24H35N5O+2. The predicted molar refractivity (Wildman–Crippen MR) is 123 cm³/mol. The third kappa shape index (κ3) is 5.32. The molecule has 0 aromatic heterocycles. The maximum atomic E-state index is 12.5. The number of rotatable bonds is 6. The molecule has 160 valence electrons. The Morgan fingerprint density at radius 1 is 0.800 bits per heavy atom. The molecule has 0 bridgehead atoms. The van der Waals surface area contributed by atoms with Crippen molar-refractivity contribution in [2.45, 2.75) is 6.92 Å². The van der Waals surface area contributed by atoms with E-state index in [1.807, 2.05) is 12.1 Å². The zero-order valence-corrected chi connectivity index (χ0v) is 18.1. The molecule has 2 aliphatic rings. The number of nitrogens with zero attached hydrogens (tertiary/aromatic N) is 2. The highest BCUT2D eigenvalue weighted by molar-refractivity contribution is 5.91. The van der Waals surface area contributed by atoms with Crippen LogP contribution in [0.3, 0.4) is 0 Å². The largest absolute Gasteiger partial charge is 0.360 e. The van der Waals surface area contributed by atoms with Crippen molar-refractivity contribution in [1.29, 1.82) is 0 Å². The molecule has 0 unspecified atom stereocenters. The Hall–Kier alpha value is -2.57. The van der Waals surface area contributed by atoms with E-state index in [2.05, 4.69) is 64.5 Å². The lowest BCUT2D eigenvalue weighted by molar-refractivity contribution is -0.898. The number of likely N-dealkylation sites (N-methyl/N-ethyl adjacent to an activating group) is 1. The molecule has 0 radical (unpaired) electrons. The first-order chi connectivity index (χ1) is 14.7. The van der Waals surface area contributed by atoms with Crippen LogP contribution in [0.1, 0.15) is 6.92 Å². The Morgan fingerprint density at radius 3 is 1.90 bits per heavy atom. The van der Waals surface area contributed by atoms with Gasteiger partial charge in [-0.1, -0.05) is 18.2 Å². The molecular weight excluding hydrogens is 374 g/mol. The molecule has 6 heteroatoms. The van der Waals surface area contributed by atoms with Crippen LogP contribution in [-0.2, 0) is 4.79 Å². The van der Waals surface area contributed by atoms with Crippen molar-refractivity contribution in [1.82, 2.24) is 0 Å². The van der Waals surface area contributed by atoms with Gasteiger partial charge in [0, 0.05) is 17.1 Å². The van der Waals surface area contributed by atoms with Gasteiger partial charge >= 0.3 is 0 Å². The summed E-state index contributed by atoms with van der Waals surface area (Å²) in [7, 11) is 0. The van der Waals surface area contributed by atoms with E-state index in [4.69, 9.17) is 0 Å². The molecule has 0 spiro atoms. The number of hydrogen-bond donors (Lipinski definition) is 3. The number of nitrogens with one attached hydrogen (secondary N) is 3. The summed E-state index contributed by atoms with van der Waals surface area (Å²) in [6.07, 6.45) is 0. The first kappa shape index (κ1) is 20.7. The van der Waals surface area contributed by atoms with Crippen LogP contribution in [-0.4, -0.2) is 71.4 Å². The lowest BCUT2D eigenvalue weighted by Crippen LogP contribution is -3.15. The summed E-state index contributed by atoms with van der Waals surface area (Å²) in [5.41, 5.74) is 3.42. The summed E-state index contributed by atoms with van der Waals surface area (Å²) < 4.78 is 0. The highest BCUT2D eigenvalue weighted by Gasteiger charge is 2.22. The van der Waals surface area contributed by atoms with Gasteiger partial charge in [-0.3, -0.25) is 4.79 Å². The minimum absolute atomic E-state index is 0.103. The smallest absolute Gasteiger partial charge is 0.279 e. The minimum atomic E-state index is 0.103. The van der Waals surface area contributed by atoms with Gasteiger partial charge in [0.25, 0.3) is 5.91 Å². The Morgan fingerprint density at radius 2 is 1.33 bits per heavy atom. The van der Waals surface area contributed by atoms with Crippen molar-refractivity contribution in [3.8, 4) is 0 Å². The number of carbonyl (C=O) groups is 1. The van der Waals surface area contributed by atoms with E-state index in [1.54, 1.807) is 4.90 Å². The van der Waals surface area contributed by atoms with E-state index in [0.29, 0.717) is 6.54 Å². The van der Waals surface area contributed by atoms with Crippen molar-refractivity contribution >= 4 is 23.0 Å². The van der Waals surface area contributed by atoms with E-state index < -0.39 is 0 Å². The number of quaternary nitrogens is 2. The molecule has 6 nitrogen and oxygen atoms in total. The lowest BCUT2D eigenvalue weighted by Gasteiger charge is -2.33. The fraction of sp³-hybridized carbons (Fsp3) is 0.458. The predicted octanol–water partition coefficient (Wildman–Crippen LogP) is -0.245. The Balaban J connectivity index is 1.22. The van der Waals surface area contributed by atoms with Gasteiger partial charge in [0.05, 0.1) is 58.9 Å². The first-order valence-corrected chi connectivity index (χ1v) is 11.3. The summed E-state index contributed by atoms with van der Waals surface area (Å²) in [6.45, 7) is 12.6. The van der Waals surface area contributed by atoms with Gasteiger partial charge in [-0.2, -0.15) is 0 Å². The summed E-state index contributed by atoms with van der Waals surface area (Å²) in [4.78, 5) is 20.4. The Labute approximate surface area is 180 Å². The highest BCUT2D eigenvalue weighted by atomic mass is 16.2. The summed E-state index contributed by atoms with van der Waals surface area (Å²) >= 11 is 0. The number of anilines is 3. The van der Waals surface area contributed by atoms with Crippen molar-refractivity contribution in [3.05, 3.63) is 54.6 Å². The van der Waals surface area contributed by atoms with Crippen molar-refractivity contribution in [2.24, 2.45) is 0 Å². The average Bonchev–Trinajstić information content (AvgIpc) is 2.81. The van der Waals surface area contributed by atoms with Gasteiger partial charge < -0.3 is 24.9 Å². The zero-order chi connectivity index (χ0) is 20.8. The number of para-hydroxylation sites is 1. The second-order valence-electron chi connectivity index (χ2n) is 8.44. The summed E-state index contributed by atoms with van der Waals surface area (Å²) in [6, 6.07) is 18.9. The van der Waals surface area contributed by atoms with Gasteiger partial charge in [-0.25, -0.2) is 0 Å². The number of amides is 1. The highest BCUT2D eigenvalue weighted by Crippen LogP contribution is 2.18. The molecule has 2 saturated heterocycles. The summed E-state index contributed by atoms with van der Waals surface area (Å²) in [5, 5.41) is 3.08. The van der Waals surface area contributed by atoms with Crippen LogP contribution in [0.2, 0.25) is 0 Å². The maximum absolute atomic E-state index is 12.5. The second-order valence-corrected chi connectivity index (χ2v) is 8.44. The first-order valence-electron chi connectivity index (χ1n) is 11.3. The molecule has 2 aromatic carbocycles. The second kappa shape index (κ2) is 9.96. The van der Waals surface area contributed by atoms with Crippen LogP contribution >= 0.6 is 0 Å². The van der Waals surface area contributed by atoms with Crippen LogP contribution in [0.25, 0.3) is 0 Å². The fourth-order valence-corrected chi connectivity index (χ4v) is 4.52. The SMILES string of the molecule is CC[NH+]1CCN(c2ccc(NC(=O)C[NH+]3CCN(c4ccccc4)CC3)cc2)CC1. The molecule has 4 rings (SSSR count). The molecule has 2 heterocycles. The van der Waals surface area contributed by atoms with Crippen molar-refractivity contribution in [2.75, 3.05) is 80.6 Å². The molecule has 30 heavy (non-hydrogen) atoms. The van der Waals surface area contributed by atoms with E-state index in [9.17, 15) is 4.79 Å². The topological polar surface area (TPSA) is 44.5 Å². The molecule has 3 N–H and O–H groups in total. The number of benzene rings is 2. The number of carbonyl (C=O) groups excluding carboxylic acids is 1. The van der Waals surface area contributed by atoms with Gasteiger partial charge in [0.15, 0.2) is 6.54 Å². The van der Waals surface area contributed by atoms with Crippen LogP contribution in [0.4, 0.5) is 17.1 Å². The quantitative estimate of drug-likeness (QED) is 0.617. The van der Waals surface area contributed by atoms with Gasteiger partial charge in [0.2, 0.25) is 0 Å². The third-order valence-corrected chi connectivity index (χ3v) is 6.49. The molecule has 2 fully saturated rings. The molecule has 2 aromatic rings.